The third kappa shape index (κ3) is 4.18. The molecule has 0 aliphatic carbocycles. The molecule has 118 valence electrons. The minimum atomic E-state index is 0.391. The van der Waals surface area contributed by atoms with Crippen molar-refractivity contribution in [3.63, 3.8) is 0 Å². The molecule has 2 aromatic rings. The SMILES string of the molecule is Cc1nsc(Oc2cc(C)c(/N=C/N(C)C(C)C)cc2Cl)n1. The second kappa shape index (κ2) is 7.07. The summed E-state index contributed by atoms with van der Waals surface area (Å²) in [7, 11) is 1.99. The Kier molecular flexibility index (Phi) is 5.37. The first-order valence-corrected chi connectivity index (χ1v) is 8.06. The number of ether oxygens (including phenoxy) is 1. The van der Waals surface area contributed by atoms with Crippen molar-refractivity contribution in [1.29, 1.82) is 0 Å². The van der Waals surface area contributed by atoms with Crippen LogP contribution in [0, 0.1) is 13.8 Å². The number of rotatable bonds is 5. The van der Waals surface area contributed by atoms with Crippen LogP contribution in [0.25, 0.3) is 0 Å². The van der Waals surface area contributed by atoms with Gasteiger partial charge >= 0.3 is 0 Å². The van der Waals surface area contributed by atoms with E-state index in [2.05, 4.69) is 28.2 Å². The standard InChI is InChI=1S/C15H19ClN4OS/c1-9(2)20(5)8-17-13-7-12(16)14(6-10(13)3)21-15-18-11(4)19-22-15/h6-9H,1-5H3/b17-8+. The molecule has 0 aliphatic rings. The van der Waals surface area contributed by atoms with Crippen molar-refractivity contribution in [3.8, 4) is 10.9 Å². The van der Waals surface area contributed by atoms with Crippen LogP contribution >= 0.6 is 23.1 Å². The fourth-order valence-corrected chi connectivity index (χ4v) is 2.31. The molecule has 0 radical (unpaired) electrons. The van der Waals surface area contributed by atoms with Crippen molar-refractivity contribution in [2.45, 2.75) is 33.7 Å². The van der Waals surface area contributed by atoms with Crippen LogP contribution in [0.15, 0.2) is 17.1 Å². The zero-order valence-electron chi connectivity index (χ0n) is 13.3. The summed E-state index contributed by atoms with van der Waals surface area (Å²) in [6, 6.07) is 4.05. The van der Waals surface area contributed by atoms with Gasteiger partial charge in [0.15, 0.2) is 0 Å². The van der Waals surface area contributed by atoms with E-state index in [1.54, 1.807) is 12.4 Å². The maximum atomic E-state index is 6.28. The normalized spacial score (nSPS) is 11.4. The third-order valence-electron chi connectivity index (χ3n) is 3.15. The van der Waals surface area contributed by atoms with E-state index in [1.165, 1.54) is 11.5 Å². The lowest BCUT2D eigenvalue weighted by molar-refractivity contribution is 0.429. The highest BCUT2D eigenvalue weighted by molar-refractivity contribution is 7.07. The predicted octanol–water partition coefficient (Wildman–Crippen LogP) is 4.60. The van der Waals surface area contributed by atoms with E-state index in [0.717, 1.165) is 11.3 Å². The summed E-state index contributed by atoms with van der Waals surface area (Å²) in [4.78, 5) is 10.7. The van der Waals surface area contributed by atoms with Crippen LogP contribution in [-0.2, 0) is 0 Å². The maximum Gasteiger partial charge on any atom is 0.298 e. The molecule has 7 heteroatoms. The Bertz CT molecular complexity index is 684. The van der Waals surface area contributed by atoms with Crippen LogP contribution < -0.4 is 4.74 Å². The highest BCUT2D eigenvalue weighted by Gasteiger charge is 2.10. The first-order chi connectivity index (χ1) is 10.4. The molecule has 22 heavy (non-hydrogen) atoms. The highest BCUT2D eigenvalue weighted by atomic mass is 35.5. The monoisotopic (exact) mass is 338 g/mol. The summed E-state index contributed by atoms with van der Waals surface area (Å²) in [5.74, 6) is 1.25. The Hall–Kier alpha value is -1.66. The van der Waals surface area contributed by atoms with Gasteiger partial charge in [0.05, 0.1) is 17.0 Å². The van der Waals surface area contributed by atoms with E-state index < -0.39 is 0 Å². The van der Waals surface area contributed by atoms with Gasteiger partial charge in [-0.3, -0.25) is 0 Å². The number of hydrogen-bond acceptors (Lipinski definition) is 5. The zero-order chi connectivity index (χ0) is 16.3. The van der Waals surface area contributed by atoms with Gasteiger partial charge in [-0.1, -0.05) is 11.6 Å². The summed E-state index contributed by atoms with van der Waals surface area (Å²) in [5, 5.41) is 0.979. The maximum absolute atomic E-state index is 6.28. The molecule has 0 saturated carbocycles. The number of halogens is 1. The van der Waals surface area contributed by atoms with E-state index >= 15 is 0 Å². The Labute approximate surface area is 139 Å². The van der Waals surface area contributed by atoms with Crippen molar-refractivity contribution >= 4 is 35.2 Å². The van der Waals surface area contributed by atoms with Gasteiger partial charge in [-0.2, -0.15) is 9.36 Å². The molecule has 0 fully saturated rings. The van der Waals surface area contributed by atoms with E-state index in [4.69, 9.17) is 16.3 Å². The van der Waals surface area contributed by atoms with Crippen LogP contribution in [-0.4, -0.2) is 33.7 Å². The van der Waals surface area contributed by atoms with E-state index in [0.29, 0.717) is 27.8 Å². The van der Waals surface area contributed by atoms with Gasteiger partial charge in [0.1, 0.15) is 11.6 Å². The zero-order valence-corrected chi connectivity index (χ0v) is 14.9. The molecule has 0 atom stereocenters. The van der Waals surface area contributed by atoms with Gasteiger partial charge in [0.25, 0.3) is 5.19 Å². The molecule has 0 aliphatic heterocycles. The van der Waals surface area contributed by atoms with Gasteiger partial charge in [-0.25, -0.2) is 4.99 Å². The lowest BCUT2D eigenvalue weighted by Gasteiger charge is -2.17. The Balaban J connectivity index is 2.21. The molecule has 1 aromatic carbocycles. The Morgan fingerprint density at radius 3 is 2.68 bits per heavy atom. The molecule has 0 N–H and O–H groups in total. The molecular weight excluding hydrogens is 320 g/mol. The molecule has 0 unspecified atom stereocenters. The van der Waals surface area contributed by atoms with Gasteiger partial charge in [0.2, 0.25) is 0 Å². The molecule has 1 aromatic heterocycles. The number of aryl methyl sites for hydroxylation is 2. The summed E-state index contributed by atoms with van der Waals surface area (Å²) in [5.41, 5.74) is 1.80. The fourth-order valence-electron chi connectivity index (χ4n) is 1.56. The van der Waals surface area contributed by atoms with Crippen molar-refractivity contribution in [2.24, 2.45) is 4.99 Å². The lowest BCUT2D eigenvalue weighted by atomic mass is 10.2. The van der Waals surface area contributed by atoms with Crippen LogP contribution in [0.1, 0.15) is 25.2 Å². The molecule has 1 heterocycles. The second-order valence-electron chi connectivity index (χ2n) is 5.28. The van der Waals surface area contributed by atoms with Gasteiger partial charge in [-0.15, -0.1) is 0 Å². The molecule has 0 saturated heterocycles. The van der Waals surface area contributed by atoms with Crippen molar-refractivity contribution in [3.05, 3.63) is 28.5 Å². The van der Waals surface area contributed by atoms with Crippen LogP contribution in [0.2, 0.25) is 5.02 Å². The van der Waals surface area contributed by atoms with Crippen molar-refractivity contribution < 1.29 is 4.74 Å². The lowest BCUT2D eigenvalue weighted by Crippen LogP contribution is -2.24. The average Bonchev–Trinajstić information content (AvgIpc) is 2.85. The van der Waals surface area contributed by atoms with Gasteiger partial charge in [0, 0.05) is 24.6 Å². The second-order valence-corrected chi connectivity index (χ2v) is 6.40. The van der Waals surface area contributed by atoms with Crippen LogP contribution in [0.3, 0.4) is 0 Å². The first-order valence-electron chi connectivity index (χ1n) is 6.91. The summed E-state index contributed by atoms with van der Waals surface area (Å²) < 4.78 is 9.76. The Morgan fingerprint density at radius 2 is 2.09 bits per heavy atom. The smallest absolute Gasteiger partial charge is 0.298 e. The Morgan fingerprint density at radius 1 is 1.36 bits per heavy atom. The number of aliphatic imine (C=N–C) groups is 1. The molecule has 2 rings (SSSR count). The molecule has 5 nitrogen and oxygen atoms in total. The molecular formula is C15H19ClN4OS. The number of nitrogens with zero attached hydrogens (tertiary/aromatic N) is 4. The van der Waals surface area contributed by atoms with Crippen LogP contribution in [0.5, 0.6) is 10.9 Å². The highest BCUT2D eigenvalue weighted by Crippen LogP contribution is 2.35. The van der Waals surface area contributed by atoms with E-state index in [1.807, 2.05) is 31.9 Å². The largest absolute Gasteiger partial charge is 0.428 e. The molecule has 0 bridgehead atoms. The number of hydrogen-bond donors (Lipinski definition) is 0. The quantitative estimate of drug-likeness (QED) is 0.590. The molecule has 0 amide bonds. The van der Waals surface area contributed by atoms with Crippen LogP contribution in [0.4, 0.5) is 5.69 Å². The van der Waals surface area contributed by atoms with E-state index in [-0.39, 0.29) is 0 Å². The van der Waals surface area contributed by atoms with Crippen molar-refractivity contribution in [2.75, 3.05) is 7.05 Å². The predicted molar refractivity (Wildman–Crippen MR) is 92.0 cm³/mol. The van der Waals surface area contributed by atoms with Gasteiger partial charge < -0.3 is 9.64 Å². The third-order valence-corrected chi connectivity index (χ3v) is 4.13. The minimum Gasteiger partial charge on any atom is -0.428 e. The summed E-state index contributed by atoms with van der Waals surface area (Å²) in [6.07, 6.45) is 1.80. The van der Waals surface area contributed by atoms with E-state index in [9.17, 15) is 0 Å². The molecule has 0 spiro atoms. The minimum absolute atomic E-state index is 0.391. The van der Waals surface area contributed by atoms with Crippen molar-refractivity contribution in [1.82, 2.24) is 14.3 Å². The number of aromatic nitrogens is 2. The summed E-state index contributed by atoms with van der Waals surface area (Å²) in [6.45, 7) is 8.00. The fraction of sp³-hybridized carbons (Fsp3) is 0.400. The summed E-state index contributed by atoms with van der Waals surface area (Å²) >= 11 is 7.48. The first kappa shape index (κ1) is 16.7. The topological polar surface area (TPSA) is 50.6 Å². The average molecular weight is 339 g/mol. The number of benzene rings is 1. The van der Waals surface area contributed by atoms with Gasteiger partial charge in [-0.05, 0) is 45.4 Å².